The van der Waals surface area contributed by atoms with Crippen LogP contribution in [0.1, 0.15) is 26.3 Å². The number of hydrogen-bond acceptors (Lipinski definition) is 3. The third kappa shape index (κ3) is 4.57. The highest BCUT2D eigenvalue weighted by Crippen LogP contribution is 2.23. The van der Waals surface area contributed by atoms with Crippen LogP contribution in [0, 0.1) is 0 Å². The van der Waals surface area contributed by atoms with Crippen LogP contribution in [0.25, 0.3) is 0 Å². The number of amides is 2. The summed E-state index contributed by atoms with van der Waals surface area (Å²) in [4.78, 5) is 23.7. The van der Waals surface area contributed by atoms with Gasteiger partial charge in [0.05, 0.1) is 0 Å². The van der Waals surface area contributed by atoms with Crippen LogP contribution in [-0.4, -0.2) is 16.9 Å². The molecule has 0 heterocycles. The Balaban J connectivity index is 2.00. The third-order valence-electron chi connectivity index (χ3n) is 3.32. The Kier molecular flexibility index (Phi) is 4.69. The van der Waals surface area contributed by atoms with E-state index in [4.69, 9.17) is 0 Å². The highest BCUT2D eigenvalue weighted by atomic mass is 16.3. The van der Waals surface area contributed by atoms with Crippen molar-refractivity contribution in [3.63, 3.8) is 0 Å². The van der Waals surface area contributed by atoms with E-state index in [1.165, 1.54) is 12.1 Å². The van der Waals surface area contributed by atoms with E-state index < -0.39 is 11.8 Å². The van der Waals surface area contributed by atoms with Gasteiger partial charge in [0, 0.05) is 17.4 Å². The standard InChI is InChI=1S/C18H20N2O3/c1-18(2,3)12-7-9-13(10-8-12)19-16(22)17(23)20-14-5-4-6-15(21)11-14/h4-11,21H,1-3H3,(H,19,22)(H,20,23). The van der Waals surface area contributed by atoms with E-state index in [1.54, 1.807) is 24.3 Å². The van der Waals surface area contributed by atoms with Gasteiger partial charge in [-0.15, -0.1) is 0 Å². The van der Waals surface area contributed by atoms with Gasteiger partial charge in [0.15, 0.2) is 0 Å². The monoisotopic (exact) mass is 312 g/mol. The number of phenols is 1. The number of benzene rings is 2. The third-order valence-corrected chi connectivity index (χ3v) is 3.32. The molecule has 0 unspecified atom stereocenters. The second-order valence-corrected chi connectivity index (χ2v) is 6.29. The predicted molar refractivity (Wildman–Crippen MR) is 90.5 cm³/mol. The van der Waals surface area contributed by atoms with Crippen molar-refractivity contribution in [1.29, 1.82) is 0 Å². The molecule has 0 aromatic heterocycles. The molecule has 2 rings (SSSR count). The van der Waals surface area contributed by atoms with Crippen LogP contribution in [0.2, 0.25) is 0 Å². The quantitative estimate of drug-likeness (QED) is 0.745. The summed E-state index contributed by atoms with van der Waals surface area (Å²) in [6.07, 6.45) is 0. The van der Waals surface area contributed by atoms with Crippen molar-refractivity contribution in [2.75, 3.05) is 10.6 Å². The molecule has 0 spiro atoms. The molecular weight excluding hydrogens is 292 g/mol. The first-order valence-corrected chi connectivity index (χ1v) is 7.27. The van der Waals surface area contributed by atoms with Crippen LogP contribution in [0.3, 0.4) is 0 Å². The minimum absolute atomic E-state index is 0.0148. The number of anilines is 2. The summed E-state index contributed by atoms with van der Waals surface area (Å²) in [7, 11) is 0. The zero-order chi connectivity index (χ0) is 17.0. The molecule has 0 saturated carbocycles. The van der Waals surface area contributed by atoms with Gasteiger partial charge in [-0.2, -0.15) is 0 Å². The average Bonchev–Trinajstić information content (AvgIpc) is 2.46. The fourth-order valence-corrected chi connectivity index (χ4v) is 2.01. The van der Waals surface area contributed by atoms with Gasteiger partial charge >= 0.3 is 11.8 Å². The minimum Gasteiger partial charge on any atom is -0.508 e. The topological polar surface area (TPSA) is 78.4 Å². The molecule has 0 aliphatic carbocycles. The largest absolute Gasteiger partial charge is 0.508 e. The number of phenolic OH excluding ortho intramolecular Hbond substituents is 1. The van der Waals surface area contributed by atoms with Crippen molar-refractivity contribution in [2.45, 2.75) is 26.2 Å². The molecule has 0 bridgehead atoms. The van der Waals surface area contributed by atoms with E-state index >= 15 is 0 Å². The summed E-state index contributed by atoms with van der Waals surface area (Å²) in [5.41, 5.74) is 2.07. The van der Waals surface area contributed by atoms with E-state index in [2.05, 4.69) is 31.4 Å². The predicted octanol–water partition coefficient (Wildman–Crippen LogP) is 3.27. The van der Waals surface area contributed by atoms with Crippen molar-refractivity contribution in [1.82, 2.24) is 0 Å². The number of hydrogen-bond donors (Lipinski definition) is 3. The Morgan fingerprint density at radius 1 is 0.870 bits per heavy atom. The van der Waals surface area contributed by atoms with Crippen molar-refractivity contribution in [3.05, 3.63) is 54.1 Å². The van der Waals surface area contributed by atoms with Gasteiger partial charge in [0.1, 0.15) is 5.75 Å². The lowest BCUT2D eigenvalue weighted by Crippen LogP contribution is -2.29. The molecule has 2 amide bonds. The summed E-state index contributed by atoms with van der Waals surface area (Å²) >= 11 is 0. The number of carbonyl (C=O) groups excluding carboxylic acids is 2. The van der Waals surface area contributed by atoms with Gasteiger partial charge in [-0.1, -0.05) is 39.0 Å². The molecule has 0 radical (unpaired) electrons. The summed E-state index contributed by atoms with van der Waals surface area (Å²) in [5.74, 6) is -1.55. The number of nitrogens with one attached hydrogen (secondary N) is 2. The summed E-state index contributed by atoms with van der Waals surface area (Å²) in [6.45, 7) is 6.30. The lowest BCUT2D eigenvalue weighted by atomic mass is 9.87. The summed E-state index contributed by atoms with van der Waals surface area (Å²) < 4.78 is 0. The zero-order valence-corrected chi connectivity index (χ0v) is 13.4. The van der Waals surface area contributed by atoms with Crippen molar-refractivity contribution in [3.8, 4) is 5.75 Å². The molecule has 23 heavy (non-hydrogen) atoms. The second-order valence-electron chi connectivity index (χ2n) is 6.29. The second kappa shape index (κ2) is 6.52. The van der Waals surface area contributed by atoms with Gasteiger partial charge in [0.2, 0.25) is 0 Å². The van der Waals surface area contributed by atoms with Gasteiger partial charge < -0.3 is 15.7 Å². The van der Waals surface area contributed by atoms with Crippen molar-refractivity contribution >= 4 is 23.2 Å². The lowest BCUT2D eigenvalue weighted by Gasteiger charge is -2.19. The fourth-order valence-electron chi connectivity index (χ4n) is 2.01. The molecule has 2 aromatic rings. The zero-order valence-electron chi connectivity index (χ0n) is 13.4. The number of rotatable bonds is 2. The minimum atomic E-state index is -0.796. The number of aromatic hydroxyl groups is 1. The van der Waals surface area contributed by atoms with E-state index in [9.17, 15) is 14.7 Å². The molecule has 0 atom stereocenters. The first-order chi connectivity index (χ1) is 10.8. The van der Waals surface area contributed by atoms with Crippen LogP contribution in [0.5, 0.6) is 5.75 Å². The van der Waals surface area contributed by atoms with E-state index in [0.29, 0.717) is 11.4 Å². The van der Waals surface area contributed by atoms with Crippen LogP contribution >= 0.6 is 0 Å². The summed E-state index contributed by atoms with van der Waals surface area (Å²) in [5, 5.41) is 14.3. The van der Waals surface area contributed by atoms with Crippen LogP contribution in [0.15, 0.2) is 48.5 Å². The van der Waals surface area contributed by atoms with Gasteiger partial charge in [-0.25, -0.2) is 0 Å². The Labute approximate surface area is 135 Å². The highest BCUT2D eigenvalue weighted by Gasteiger charge is 2.16. The SMILES string of the molecule is CC(C)(C)c1ccc(NC(=O)C(=O)Nc2cccc(O)c2)cc1. The van der Waals surface area contributed by atoms with Crippen LogP contribution in [-0.2, 0) is 15.0 Å². The highest BCUT2D eigenvalue weighted by molar-refractivity contribution is 6.43. The van der Waals surface area contributed by atoms with E-state index in [1.807, 2.05) is 12.1 Å². The van der Waals surface area contributed by atoms with Gasteiger partial charge in [-0.3, -0.25) is 9.59 Å². The lowest BCUT2D eigenvalue weighted by molar-refractivity contribution is -0.132. The molecule has 0 aliphatic rings. The normalized spacial score (nSPS) is 10.9. The molecule has 0 aliphatic heterocycles. The smallest absolute Gasteiger partial charge is 0.314 e. The number of carbonyl (C=O) groups is 2. The van der Waals surface area contributed by atoms with Crippen molar-refractivity contribution < 1.29 is 14.7 Å². The molecule has 5 heteroatoms. The molecular formula is C18H20N2O3. The average molecular weight is 312 g/mol. The van der Waals surface area contributed by atoms with Gasteiger partial charge in [0.25, 0.3) is 0 Å². The molecule has 3 N–H and O–H groups in total. The molecule has 0 saturated heterocycles. The van der Waals surface area contributed by atoms with Crippen LogP contribution in [0.4, 0.5) is 11.4 Å². The fraction of sp³-hybridized carbons (Fsp3) is 0.222. The Bertz CT molecular complexity index is 716. The van der Waals surface area contributed by atoms with E-state index in [0.717, 1.165) is 5.56 Å². The maximum Gasteiger partial charge on any atom is 0.314 e. The Hall–Kier alpha value is -2.82. The molecule has 2 aromatic carbocycles. The molecule has 5 nitrogen and oxygen atoms in total. The van der Waals surface area contributed by atoms with Crippen LogP contribution < -0.4 is 10.6 Å². The first-order valence-electron chi connectivity index (χ1n) is 7.27. The molecule has 0 fully saturated rings. The first kappa shape index (κ1) is 16.5. The molecule has 120 valence electrons. The Morgan fingerprint density at radius 3 is 1.96 bits per heavy atom. The van der Waals surface area contributed by atoms with Crippen molar-refractivity contribution in [2.24, 2.45) is 0 Å². The maximum atomic E-state index is 11.9. The summed E-state index contributed by atoms with van der Waals surface area (Å²) in [6, 6.07) is 13.4. The Morgan fingerprint density at radius 2 is 1.43 bits per heavy atom. The maximum absolute atomic E-state index is 11.9. The van der Waals surface area contributed by atoms with Gasteiger partial charge in [-0.05, 0) is 35.2 Å². The van der Waals surface area contributed by atoms with E-state index in [-0.39, 0.29) is 11.2 Å².